The van der Waals surface area contributed by atoms with Crippen molar-refractivity contribution >= 4 is 151 Å². The number of halogens is 1. The monoisotopic (exact) mass is 1680 g/mol. The van der Waals surface area contributed by atoms with E-state index in [1.54, 1.807) is 0 Å². The lowest BCUT2D eigenvalue weighted by Gasteiger charge is -2.32. The number of nitrogens with two attached hydrogens (primary N) is 1. The molecule has 625 valence electrons. The van der Waals surface area contributed by atoms with Crippen LogP contribution in [0.15, 0.2) is 62.2 Å². The molecule has 2 saturated heterocycles. The van der Waals surface area contributed by atoms with Crippen LogP contribution in [0.1, 0.15) is 190 Å². The Morgan fingerprint density at radius 2 is 0.678 bits per heavy atom. The number of fused-ring (bicyclic) bond motifs is 20. The number of aliphatic hydroxyl groups is 1. The van der Waals surface area contributed by atoms with E-state index in [0.717, 1.165) is 157 Å². The summed E-state index contributed by atoms with van der Waals surface area (Å²) in [5, 5.41) is 21.0. The Bertz CT molecular complexity index is 5970. The van der Waals surface area contributed by atoms with Gasteiger partial charge in [0.15, 0.2) is 0 Å². The summed E-state index contributed by atoms with van der Waals surface area (Å²) in [6, 6.07) is 0. The molecule has 0 unspecified atom stereocenters. The summed E-state index contributed by atoms with van der Waals surface area (Å²) in [6.45, 7) is 19.5. The average Bonchev–Trinajstić information content (AvgIpc) is 1.62. The first-order valence-electron chi connectivity index (χ1n) is 38.8. The first-order chi connectivity index (χ1) is 54.8. The Kier molecular flexibility index (Phi) is 26.2. The van der Waals surface area contributed by atoms with Crippen LogP contribution in [0.2, 0.25) is 0 Å². The van der Waals surface area contributed by atoms with Gasteiger partial charge in [0.2, 0.25) is 68.8 Å². The van der Waals surface area contributed by atoms with Gasteiger partial charge in [-0.1, -0.05) is 30.8 Å². The minimum absolute atomic E-state index is 0. The summed E-state index contributed by atoms with van der Waals surface area (Å²) >= 11 is 3.50. The highest BCUT2D eigenvalue weighted by atomic mass is 79.9. The highest BCUT2D eigenvalue weighted by Crippen LogP contribution is 2.44. The van der Waals surface area contributed by atoms with E-state index < -0.39 is 31.0 Å². The number of hydrogen-bond acceptors (Lipinski definition) is 25. The van der Waals surface area contributed by atoms with Gasteiger partial charge >= 0.3 is 14.0 Å². The molecule has 0 saturated carbocycles. The molecule has 118 heavy (non-hydrogen) atoms. The number of likely N-dealkylation sites (N-methyl/N-ethyl adjacent to an activating group) is 3. The van der Waals surface area contributed by atoms with Crippen molar-refractivity contribution in [1.82, 2.24) is 74.1 Å². The zero-order valence-electron chi connectivity index (χ0n) is 67.4. The minimum atomic E-state index is -0.601. The molecule has 0 aromatic carbocycles. The van der Waals surface area contributed by atoms with Crippen LogP contribution < -0.4 is 43.9 Å². The highest BCUT2D eigenvalue weighted by Gasteiger charge is 2.64. The largest absolute Gasteiger partial charge is 0.488 e. The number of carbonyl (C=O) groups is 4. The van der Waals surface area contributed by atoms with Crippen molar-refractivity contribution in [2.24, 2.45) is 5.73 Å². The van der Waals surface area contributed by atoms with Crippen molar-refractivity contribution in [1.29, 1.82) is 0 Å². The molecule has 4 amide bonds. The molecular formula is C81H103B3BrN16O17. The van der Waals surface area contributed by atoms with Crippen molar-refractivity contribution in [3.8, 4) is 0 Å². The molecule has 37 heteroatoms. The van der Waals surface area contributed by atoms with Gasteiger partial charge in [0.05, 0.1) is 87.3 Å². The number of rotatable bonds is 11. The fourth-order valence-electron chi connectivity index (χ4n) is 15.9. The number of aliphatic hydroxyl groups excluding tert-OH is 1. The van der Waals surface area contributed by atoms with Gasteiger partial charge in [0, 0.05) is 47.7 Å². The van der Waals surface area contributed by atoms with Gasteiger partial charge in [-0.15, -0.1) is 0 Å². The predicted molar refractivity (Wildman–Crippen MR) is 454 cm³/mol. The molecule has 6 N–H and O–H groups in total. The van der Waals surface area contributed by atoms with Crippen molar-refractivity contribution in [3.63, 3.8) is 0 Å². The lowest BCUT2D eigenvalue weighted by molar-refractivity contribution is -0.122. The van der Waals surface area contributed by atoms with Gasteiger partial charge in [-0.05, 0) is 216 Å². The molecule has 2 aliphatic heterocycles. The third-order valence-electron chi connectivity index (χ3n) is 23.4. The zero-order valence-corrected chi connectivity index (χ0v) is 69.0. The number of carbonyl (C=O) groups excluding carboxylic acids is 4. The van der Waals surface area contributed by atoms with Crippen LogP contribution in [0.4, 0.5) is 0 Å². The third-order valence-corrected chi connectivity index (χ3v) is 23.9. The van der Waals surface area contributed by atoms with Crippen molar-refractivity contribution in [3.05, 3.63) is 134 Å². The summed E-state index contributed by atoms with van der Waals surface area (Å²) < 4.78 is 51.7. The van der Waals surface area contributed by atoms with Crippen LogP contribution >= 0.6 is 15.9 Å². The molecular weight excluding hydrogens is 1580 g/mol. The Morgan fingerprint density at radius 1 is 0.432 bits per heavy atom. The number of aryl methyl sites for hydroxylation is 6. The SMILES string of the molecule is C.C.CC1(C)OB(B2OC(C)(C)C(C)(C)O2)OC1(C)C.CNC(=O)Cn1cnc2c(oc3nc(C)c4c(c32)CCCC4)c1=O.CNC(=O)Cn1cnc2c(oc3nc(CBr)c4c(c32)CCCC4)c1=O.CNC(=O)Cn1cnc2c(oc3nc(CO)c4c(c32)CCCC4)c1=O.Cc1nc2oc3c(=O)n(CC(N)=O)cnc3c2c2c1CCCC2.[2HH].[B]. The number of nitrogens with zero attached hydrogens (tertiary/aromatic N) is 12. The van der Waals surface area contributed by atoms with E-state index in [1.165, 1.54) is 93.5 Å². The van der Waals surface area contributed by atoms with Gasteiger partial charge in [-0.25, -0.2) is 39.9 Å². The van der Waals surface area contributed by atoms with Gasteiger partial charge < -0.3 is 63.1 Å². The molecule has 0 bridgehead atoms. The number of primary amides is 1. The van der Waals surface area contributed by atoms with Crippen LogP contribution in [-0.2, 0) is 127 Å². The smallest absolute Gasteiger partial charge is 0.430 e. The maximum absolute atomic E-state index is 12.7. The van der Waals surface area contributed by atoms with E-state index in [2.05, 4.69) is 71.8 Å². The van der Waals surface area contributed by atoms with Crippen LogP contribution in [0.3, 0.4) is 0 Å². The van der Waals surface area contributed by atoms with Gasteiger partial charge in [0.25, 0.3) is 22.2 Å². The Balaban J connectivity index is 0.000000156. The van der Waals surface area contributed by atoms with Crippen LogP contribution in [-0.4, -0.2) is 153 Å². The van der Waals surface area contributed by atoms with Gasteiger partial charge in [-0.3, -0.25) is 56.6 Å². The highest BCUT2D eigenvalue weighted by molar-refractivity contribution is 9.08. The van der Waals surface area contributed by atoms with Crippen LogP contribution in [0.5, 0.6) is 0 Å². The fourth-order valence-corrected chi connectivity index (χ4v) is 16.4. The molecule has 33 nitrogen and oxygen atoms in total. The van der Waals surface area contributed by atoms with E-state index in [-0.39, 0.29) is 131 Å². The van der Waals surface area contributed by atoms with Crippen LogP contribution in [0.25, 0.3) is 88.8 Å². The normalized spacial score (nSPS) is 16.5. The van der Waals surface area contributed by atoms with E-state index in [0.29, 0.717) is 55.9 Å². The summed E-state index contributed by atoms with van der Waals surface area (Å²) in [5.41, 5.74) is 19.4. The second-order valence-corrected chi connectivity index (χ2v) is 32.3. The maximum Gasteiger partial charge on any atom is 0.488 e. The molecule has 18 rings (SSSR count). The van der Waals surface area contributed by atoms with Crippen molar-refractivity contribution in [2.45, 2.75) is 247 Å². The topological polar surface area (TPSA) is 431 Å². The van der Waals surface area contributed by atoms with E-state index in [4.69, 9.17) is 42.0 Å². The molecule has 2 fully saturated rings. The Hall–Kier alpha value is -10.3. The standard InChI is InChI=1S/C17H17BrN4O3.C17H18N4O4.C17H18N4O3.C16H16N4O3.C12H24B2O4.2CH4.B.H2/c1-19-12(23)7-22-8-20-14-13-10-5-3-2-4-9(10)11(6-18)21-16(13)25-15(14)17(22)24;1-18-12(23)6-21-8-19-14-13-10-5-3-2-4-9(10)11(7-22)20-16(13)25-15(14)17(21)24;1-9-10-5-3-4-6-11(10)13-14-15(24-16(13)20-9)17(23)21(8-19-14)7-12(22)18-2;1-8-9-4-2-3-5-10(9)12-13-14(23-15(12)19-8)16(22)20(7-18-13)6-11(17)21;1-9(2)10(3,4)16-13(15-9)14-17-11(5,6)12(7,8)18-14;;;;/h8H,2-7H2,1H3,(H,19,23);8,22H,2-7H2,1H3,(H,18,23);8H,3-7H2,1-2H3,(H,18,22);7H,2-6H2,1H3,(H2,17,21);1-8H3;2*1H4;;1H/i;;;;;;;;1+1. The second-order valence-electron chi connectivity index (χ2n) is 31.7. The van der Waals surface area contributed by atoms with E-state index >= 15 is 0 Å². The molecule has 6 aliphatic rings. The van der Waals surface area contributed by atoms with Gasteiger partial charge in [-0.2, -0.15) is 0 Å². The number of amides is 4. The number of alkyl halides is 1. The first kappa shape index (κ1) is 88.5. The number of hydrogen-bond donors (Lipinski definition) is 5. The number of aromatic nitrogens is 12. The summed E-state index contributed by atoms with van der Waals surface area (Å²) in [6.07, 6.45) is 21.9. The Labute approximate surface area is 691 Å². The van der Waals surface area contributed by atoms with Gasteiger partial charge in [0.1, 0.15) is 48.2 Å². The quantitative estimate of drug-likeness (QED) is 0.0596. The first-order valence-corrected chi connectivity index (χ1v) is 40.0. The number of nitrogens with one attached hydrogen (secondary N) is 3. The summed E-state index contributed by atoms with van der Waals surface area (Å²) in [7, 11) is 3.61. The molecule has 12 aromatic heterocycles. The molecule has 0 atom stereocenters. The zero-order chi connectivity index (χ0) is 82.1. The Morgan fingerprint density at radius 3 is 0.949 bits per heavy atom. The molecule has 12 aromatic rings. The molecule has 3 radical (unpaired) electrons. The fraction of sp³-hybridized carbons (Fsp3) is 0.506. The number of furan rings is 4. The predicted octanol–water partition coefficient (Wildman–Crippen LogP) is 8.78. The van der Waals surface area contributed by atoms with Crippen LogP contribution in [0, 0.1) is 13.8 Å². The lowest BCUT2D eigenvalue weighted by Crippen LogP contribution is -2.41. The van der Waals surface area contributed by atoms with E-state index in [1.807, 2.05) is 69.2 Å². The number of pyridine rings is 4. The maximum atomic E-state index is 12.7. The molecule has 14 heterocycles. The van der Waals surface area contributed by atoms with Crippen molar-refractivity contribution < 1.29 is 62.0 Å². The molecule has 4 aliphatic carbocycles. The summed E-state index contributed by atoms with van der Waals surface area (Å²) in [4.78, 5) is 132. The minimum Gasteiger partial charge on any atom is -0.430 e. The van der Waals surface area contributed by atoms with E-state index in [9.17, 15) is 43.5 Å². The lowest BCUT2D eigenvalue weighted by atomic mass is 9.49. The second kappa shape index (κ2) is 34.9. The third kappa shape index (κ3) is 16.4. The molecule has 0 spiro atoms. The summed E-state index contributed by atoms with van der Waals surface area (Å²) in [5.74, 6) is -1.43. The average molecular weight is 1690 g/mol. The van der Waals surface area contributed by atoms with Crippen molar-refractivity contribution in [2.75, 3.05) is 21.1 Å².